The zero-order chi connectivity index (χ0) is 14.7. The Bertz CT molecular complexity index is 483. The number of nitrogens with zero attached hydrogens (tertiary/aromatic N) is 4. The summed E-state index contributed by atoms with van der Waals surface area (Å²) in [4.78, 5) is 14.2. The molecule has 0 amide bonds. The number of hydrogen-bond acceptors (Lipinski definition) is 5. The van der Waals surface area contributed by atoms with Crippen molar-refractivity contribution >= 4 is 5.95 Å². The number of hydrogen-bond donors (Lipinski definition) is 0. The third-order valence-corrected chi connectivity index (χ3v) is 4.41. The Balaban J connectivity index is 1.79. The summed E-state index contributed by atoms with van der Waals surface area (Å²) in [7, 11) is 2.17. The minimum Gasteiger partial charge on any atom is -0.477 e. The van der Waals surface area contributed by atoms with Gasteiger partial charge in [-0.1, -0.05) is 13.3 Å². The van der Waals surface area contributed by atoms with Gasteiger partial charge in [0.15, 0.2) is 0 Å². The number of aryl methyl sites for hydroxylation is 1. The van der Waals surface area contributed by atoms with Crippen molar-refractivity contribution in [3.63, 3.8) is 0 Å². The molecule has 1 aromatic heterocycles. The summed E-state index contributed by atoms with van der Waals surface area (Å²) in [6.45, 7) is 7.11. The molecule has 0 atom stereocenters. The molecule has 0 N–H and O–H groups in total. The number of fused-ring (bicyclic) bond motifs is 1. The fourth-order valence-electron chi connectivity index (χ4n) is 2.97. The quantitative estimate of drug-likeness (QED) is 0.775. The Labute approximate surface area is 127 Å². The van der Waals surface area contributed by atoms with Crippen molar-refractivity contribution < 1.29 is 4.74 Å². The first-order valence-corrected chi connectivity index (χ1v) is 8.24. The highest BCUT2D eigenvalue weighted by Gasteiger charge is 2.24. The topological polar surface area (TPSA) is 41.5 Å². The molecule has 21 heavy (non-hydrogen) atoms. The maximum atomic E-state index is 5.95. The van der Waals surface area contributed by atoms with Crippen LogP contribution in [0.15, 0.2) is 0 Å². The maximum absolute atomic E-state index is 5.95. The number of piperazine rings is 1. The van der Waals surface area contributed by atoms with Crippen molar-refractivity contribution in [2.45, 2.75) is 39.0 Å². The van der Waals surface area contributed by atoms with Crippen LogP contribution in [0.2, 0.25) is 0 Å². The summed E-state index contributed by atoms with van der Waals surface area (Å²) in [6.07, 6.45) is 5.56. The summed E-state index contributed by atoms with van der Waals surface area (Å²) in [5.41, 5.74) is 2.47. The lowest BCUT2D eigenvalue weighted by atomic mass is 10.2. The Hall–Kier alpha value is -1.36. The van der Waals surface area contributed by atoms with Gasteiger partial charge in [-0.05, 0) is 32.7 Å². The predicted octanol–water partition coefficient (Wildman–Crippen LogP) is 1.90. The van der Waals surface area contributed by atoms with E-state index in [9.17, 15) is 0 Å². The van der Waals surface area contributed by atoms with Crippen LogP contribution in [0.3, 0.4) is 0 Å². The summed E-state index contributed by atoms with van der Waals surface area (Å²) in [6, 6.07) is 0. The highest BCUT2D eigenvalue weighted by Crippen LogP contribution is 2.30. The number of anilines is 1. The van der Waals surface area contributed by atoms with Crippen LogP contribution in [0.5, 0.6) is 5.88 Å². The second kappa shape index (κ2) is 6.60. The lowest BCUT2D eigenvalue weighted by Crippen LogP contribution is -2.45. The minimum atomic E-state index is 0.766. The fraction of sp³-hybridized carbons (Fsp3) is 0.750. The molecule has 0 aromatic carbocycles. The monoisotopic (exact) mass is 290 g/mol. The molecule has 1 fully saturated rings. The fourth-order valence-corrected chi connectivity index (χ4v) is 2.97. The summed E-state index contributed by atoms with van der Waals surface area (Å²) in [5.74, 6) is 1.72. The SMILES string of the molecule is CCCCOc1nc(N2CCN(C)CC2)nc2c1CCC2. The van der Waals surface area contributed by atoms with E-state index in [1.165, 1.54) is 17.7 Å². The van der Waals surface area contributed by atoms with E-state index in [-0.39, 0.29) is 0 Å². The Morgan fingerprint density at radius 1 is 1.10 bits per heavy atom. The number of rotatable bonds is 5. The molecular formula is C16H26N4O. The van der Waals surface area contributed by atoms with Crippen molar-refractivity contribution in [1.82, 2.24) is 14.9 Å². The van der Waals surface area contributed by atoms with E-state index < -0.39 is 0 Å². The lowest BCUT2D eigenvalue weighted by Gasteiger charge is -2.32. The van der Waals surface area contributed by atoms with Crippen LogP contribution in [-0.2, 0) is 12.8 Å². The average molecular weight is 290 g/mol. The number of aromatic nitrogens is 2. The zero-order valence-corrected chi connectivity index (χ0v) is 13.3. The van der Waals surface area contributed by atoms with Crippen LogP contribution in [0, 0.1) is 0 Å². The third kappa shape index (κ3) is 3.28. The number of ether oxygens (including phenoxy) is 1. The largest absolute Gasteiger partial charge is 0.477 e. The average Bonchev–Trinajstić information content (AvgIpc) is 2.96. The van der Waals surface area contributed by atoms with Crippen LogP contribution in [0.1, 0.15) is 37.4 Å². The van der Waals surface area contributed by atoms with Gasteiger partial charge in [0.25, 0.3) is 0 Å². The van der Waals surface area contributed by atoms with E-state index >= 15 is 0 Å². The van der Waals surface area contributed by atoms with Gasteiger partial charge in [0.2, 0.25) is 11.8 Å². The Morgan fingerprint density at radius 2 is 1.90 bits per heavy atom. The summed E-state index contributed by atoms with van der Waals surface area (Å²) < 4.78 is 5.95. The van der Waals surface area contributed by atoms with Crippen LogP contribution < -0.4 is 9.64 Å². The van der Waals surface area contributed by atoms with Crippen molar-refractivity contribution in [3.8, 4) is 5.88 Å². The third-order valence-electron chi connectivity index (χ3n) is 4.41. The second-order valence-electron chi connectivity index (χ2n) is 6.10. The standard InChI is InChI=1S/C16H26N4O/c1-3-4-12-21-15-13-6-5-7-14(13)17-16(18-15)20-10-8-19(2)9-11-20/h3-12H2,1-2H3. The molecule has 1 aliphatic carbocycles. The van der Waals surface area contributed by atoms with E-state index in [2.05, 4.69) is 23.8 Å². The van der Waals surface area contributed by atoms with Crippen LogP contribution in [0.4, 0.5) is 5.95 Å². The summed E-state index contributed by atoms with van der Waals surface area (Å²) in [5, 5.41) is 0. The van der Waals surface area contributed by atoms with Crippen LogP contribution in [-0.4, -0.2) is 54.7 Å². The van der Waals surface area contributed by atoms with Crippen molar-refractivity contribution in [2.75, 3.05) is 44.7 Å². The van der Waals surface area contributed by atoms with Gasteiger partial charge < -0.3 is 14.5 Å². The van der Waals surface area contributed by atoms with Gasteiger partial charge in [-0.15, -0.1) is 0 Å². The van der Waals surface area contributed by atoms with Gasteiger partial charge in [-0.25, -0.2) is 4.98 Å². The molecular weight excluding hydrogens is 264 g/mol. The minimum absolute atomic E-state index is 0.766. The molecule has 5 heteroatoms. The van der Waals surface area contributed by atoms with Crippen molar-refractivity contribution in [3.05, 3.63) is 11.3 Å². The van der Waals surface area contributed by atoms with E-state index in [0.29, 0.717) is 0 Å². The van der Waals surface area contributed by atoms with Crippen LogP contribution in [0.25, 0.3) is 0 Å². The molecule has 5 nitrogen and oxygen atoms in total. The van der Waals surface area contributed by atoms with Crippen LogP contribution >= 0.6 is 0 Å². The molecule has 1 aromatic rings. The van der Waals surface area contributed by atoms with E-state index in [4.69, 9.17) is 14.7 Å². The smallest absolute Gasteiger partial charge is 0.228 e. The predicted molar refractivity (Wildman–Crippen MR) is 84.2 cm³/mol. The maximum Gasteiger partial charge on any atom is 0.228 e. The molecule has 3 rings (SSSR count). The molecule has 1 saturated heterocycles. The number of likely N-dealkylation sites (N-methyl/N-ethyl adjacent to an activating group) is 1. The molecule has 0 bridgehead atoms. The zero-order valence-electron chi connectivity index (χ0n) is 13.3. The van der Waals surface area contributed by atoms with Crippen molar-refractivity contribution in [2.24, 2.45) is 0 Å². The molecule has 0 saturated carbocycles. The Morgan fingerprint density at radius 3 is 2.67 bits per heavy atom. The first-order chi connectivity index (χ1) is 10.3. The van der Waals surface area contributed by atoms with Gasteiger partial charge in [-0.3, -0.25) is 0 Å². The first-order valence-electron chi connectivity index (χ1n) is 8.24. The summed E-state index contributed by atoms with van der Waals surface area (Å²) >= 11 is 0. The lowest BCUT2D eigenvalue weighted by molar-refractivity contribution is 0.291. The first kappa shape index (κ1) is 14.6. The molecule has 2 aliphatic rings. The van der Waals surface area contributed by atoms with E-state index in [1.54, 1.807) is 0 Å². The second-order valence-corrected chi connectivity index (χ2v) is 6.10. The highest BCUT2D eigenvalue weighted by molar-refractivity contribution is 5.42. The highest BCUT2D eigenvalue weighted by atomic mass is 16.5. The molecule has 2 heterocycles. The van der Waals surface area contributed by atoms with Gasteiger partial charge in [0, 0.05) is 31.7 Å². The molecule has 1 aliphatic heterocycles. The van der Waals surface area contributed by atoms with Gasteiger partial charge in [0.1, 0.15) is 0 Å². The van der Waals surface area contributed by atoms with E-state index in [0.717, 1.165) is 70.3 Å². The van der Waals surface area contributed by atoms with Gasteiger partial charge in [0.05, 0.1) is 12.3 Å². The molecule has 0 spiro atoms. The molecule has 0 radical (unpaired) electrons. The van der Waals surface area contributed by atoms with Gasteiger partial charge >= 0.3 is 0 Å². The number of unbranched alkanes of at least 4 members (excludes halogenated alkanes) is 1. The van der Waals surface area contributed by atoms with E-state index in [1.807, 2.05) is 0 Å². The molecule has 0 unspecified atom stereocenters. The Kier molecular flexibility index (Phi) is 4.58. The van der Waals surface area contributed by atoms with Gasteiger partial charge in [-0.2, -0.15) is 4.98 Å². The molecule has 116 valence electrons. The normalized spacial score (nSPS) is 18.9. The van der Waals surface area contributed by atoms with Crippen molar-refractivity contribution in [1.29, 1.82) is 0 Å².